The number of aromatic hydroxyl groups is 1. The molecule has 0 aromatic heterocycles. The number of carbonyl (C=O) groups is 1. The highest BCUT2D eigenvalue weighted by Crippen LogP contribution is 2.35. The van der Waals surface area contributed by atoms with Gasteiger partial charge in [0, 0.05) is 0 Å². The number of hydrogen-bond donors (Lipinski definition) is 2. The van der Waals surface area contributed by atoms with E-state index in [2.05, 4.69) is 0 Å². The second kappa shape index (κ2) is 4.40. The maximum atomic E-state index is 11.0. The van der Waals surface area contributed by atoms with Crippen molar-refractivity contribution in [2.45, 2.75) is 46.0 Å². The molecule has 94 valence electrons. The normalized spacial score (nSPS) is 13.5. The zero-order valence-corrected chi connectivity index (χ0v) is 11.0. The highest BCUT2D eigenvalue weighted by atomic mass is 16.4. The van der Waals surface area contributed by atoms with Gasteiger partial charge in [0.05, 0.1) is 5.92 Å². The molecule has 17 heavy (non-hydrogen) atoms. The lowest BCUT2D eigenvalue weighted by Crippen LogP contribution is -2.15. The van der Waals surface area contributed by atoms with Crippen LogP contribution in [0, 0.1) is 6.92 Å². The van der Waals surface area contributed by atoms with Gasteiger partial charge in [-0.05, 0) is 42.0 Å². The summed E-state index contributed by atoms with van der Waals surface area (Å²) in [5, 5.41) is 19.0. The molecule has 0 spiro atoms. The van der Waals surface area contributed by atoms with Gasteiger partial charge >= 0.3 is 5.97 Å². The number of carboxylic acids is 1. The van der Waals surface area contributed by atoms with Crippen LogP contribution in [-0.4, -0.2) is 16.2 Å². The number of phenolic OH excluding ortho intramolecular Hbond substituents is 1. The molecule has 0 aliphatic rings. The molecule has 0 aliphatic heterocycles. The van der Waals surface area contributed by atoms with Crippen molar-refractivity contribution in [2.24, 2.45) is 0 Å². The van der Waals surface area contributed by atoms with E-state index in [0.717, 1.165) is 16.7 Å². The fourth-order valence-corrected chi connectivity index (χ4v) is 1.91. The van der Waals surface area contributed by atoms with E-state index in [0.29, 0.717) is 0 Å². The predicted octanol–water partition coefficient (Wildman–Crippen LogP) is 3.19. The van der Waals surface area contributed by atoms with E-state index in [-0.39, 0.29) is 11.2 Å². The number of rotatable bonds is 2. The molecule has 0 aliphatic carbocycles. The third-order valence-electron chi connectivity index (χ3n) is 3.03. The molecule has 0 radical (unpaired) electrons. The highest BCUT2D eigenvalue weighted by Gasteiger charge is 2.23. The minimum atomic E-state index is -0.848. The van der Waals surface area contributed by atoms with Crippen molar-refractivity contribution >= 4 is 5.97 Å². The molecule has 0 fully saturated rings. The summed E-state index contributed by atoms with van der Waals surface area (Å²) in [6, 6.07) is 3.46. The monoisotopic (exact) mass is 236 g/mol. The average molecular weight is 236 g/mol. The van der Waals surface area contributed by atoms with Gasteiger partial charge in [-0.1, -0.05) is 26.8 Å². The van der Waals surface area contributed by atoms with E-state index in [1.165, 1.54) is 0 Å². The number of aliphatic carboxylic acids is 1. The van der Waals surface area contributed by atoms with Gasteiger partial charge in [-0.25, -0.2) is 0 Å². The Kier molecular flexibility index (Phi) is 3.51. The van der Waals surface area contributed by atoms with Crippen LogP contribution in [0.3, 0.4) is 0 Å². The molecular weight excluding hydrogens is 216 g/mol. The smallest absolute Gasteiger partial charge is 0.310 e. The third-order valence-corrected chi connectivity index (χ3v) is 3.03. The van der Waals surface area contributed by atoms with Gasteiger partial charge in [-0.2, -0.15) is 0 Å². The number of hydrogen-bond acceptors (Lipinski definition) is 2. The molecule has 1 aromatic carbocycles. The Bertz CT molecular complexity index is 442. The summed E-state index contributed by atoms with van der Waals surface area (Å²) in [5.74, 6) is -1.17. The minimum Gasteiger partial charge on any atom is -0.508 e. The molecular formula is C14H20O3. The zero-order chi connectivity index (χ0) is 13.4. The van der Waals surface area contributed by atoms with Crippen molar-refractivity contribution in [3.05, 3.63) is 28.8 Å². The summed E-state index contributed by atoms with van der Waals surface area (Å²) in [6.07, 6.45) is 0. The van der Waals surface area contributed by atoms with Crippen LogP contribution in [0.4, 0.5) is 0 Å². The largest absolute Gasteiger partial charge is 0.508 e. The van der Waals surface area contributed by atoms with E-state index < -0.39 is 11.9 Å². The van der Waals surface area contributed by atoms with Crippen LogP contribution in [0.2, 0.25) is 0 Å². The van der Waals surface area contributed by atoms with Gasteiger partial charge in [0.1, 0.15) is 5.75 Å². The first kappa shape index (κ1) is 13.6. The maximum Gasteiger partial charge on any atom is 0.310 e. The molecule has 1 rings (SSSR count). The Balaban J connectivity index is 3.39. The molecule has 0 saturated heterocycles. The van der Waals surface area contributed by atoms with Crippen LogP contribution in [0.1, 0.15) is 50.3 Å². The molecule has 0 saturated carbocycles. The molecule has 1 aromatic rings. The van der Waals surface area contributed by atoms with Crippen LogP contribution < -0.4 is 0 Å². The molecule has 1 unspecified atom stereocenters. The molecule has 0 heterocycles. The predicted molar refractivity (Wildman–Crippen MR) is 67.6 cm³/mol. The molecule has 3 heteroatoms. The number of phenols is 1. The van der Waals surface area contributed by atoms with Crippen LogP contribution in [0.5, 0.6) is 5.75 Å². The first-order chi connectivity index (χ1) is 7.64. The fraction of sp³-hybridized carbons (Fsp3) is 0.500. The maximum absolute atomic E-state index is 11.0. The van der Waals surface area contributed by atoms with Gasteiger partial charge < -0.3 is 10.2 Å². The topological polar surface area (TPSA) is 57.5 Å². The number of aryl methyl sites for hydroxylation is 1. The lowest BCUT2D eigenvalue weighted by atomic mass is 9.82. The van der Waals surface area contributed by atoms with E-state index in [1.807, 2.05) is 33.8 Å². The van der Waals surface area contributed by atoms with Crippen molar-refractivity contribution in [3.8, 4) is 5.75 Å². The van der Waals surface area contributed by atoms with E-state index in [9.17, 15) is 9.90 Å². The molecule has 0 amide bonds. The number of benzene rings is 1. The Labute approximate surface area is 102 Å². The quantitative estimate of drug-likeness (QED) is 0.829. The number of carboxylic acid groups (broad SMARTS) is 1. The summed E-state index contributed by atoms with van der Waals surface area (Å²) >= 11 is 0. The van der Waals surface area contributed by atoms with E-state index >= 15 is 0 Å². The van der Waals surface area contributed by atoms with Gasteiger partial charge in [0.15, 0.2) is 0 Å². The Morgan fingerprint density at radius 3 is 2.24 bits per heavy atom. The summed E-state index contributed by atoms with van der Waals surface area (Å²) < 4.78 is 0. The third kappa shape index (κ3) is 2.78. The van der Waals surface area contributed by atoms with Crippen LogP contribution in [0.15, 0.2) is 12.1 Å². The standard InChI is InChI=1S/C14H20O3/c1-8-6-12(15)11(14(3,4)5)7-10(8)9(2)13(16)17/h6-7,9,15H,1-5H3,(H,16,17). The zero-order valence-electron chi connectivity index (χ0n) is 11.0. The summed E-state index contributed by atoms with van der Waals surface area (Å²) in [7, 11) is 0. The van der Waals surface area contributed by atoms with Crippen LogP contribution >= 0.6 is 0 Å². The summed E-state index contributed by atoms with van der Waals surface area (Å²) in [4.78, 5) is 11.0. The highest BCUT2D eigenvalue weighted by molar-refractivity contribution is 5.76. The SMILES string of the molecule is Cc1cc(O)c(C(C)(C)C)cc1C(C)C(=O)O. The fourth-order valence-electron chi connectivity index (χ4n) is 1.91. The molecule has 3 nitrogen and oxygen atoms in total. The van der Waals surface area contributed by atoms with Gasteiger partial charge in [0.25, 0.3) is 0 Å². The molecule has 2 N–H and O–H groups in total. The summed E-state index contributed by atoms with van der Waals surface area (Å²) in [6.45, 7) is 9.46. The lowest BCUT2D eigenvalue weighted by Gasteiger charge is -2.23. The lowest BCUT2D eigenvalue weighted by molar-refractivity contribution is -0.138. The van der Waals surface area contributed by atoms with E-state index in [1.54, 1.807) is 13.0 Å². The average Bonchev–Trinajstić information content (AvgIpc) is 2.14. The van der Waals surface area contributed by atoms with Gasteiger partial charge in [0.2, 0.25) is 0 Å². The van der Waals surface area contributed by atoms with Crippen molar-refractivity contribution in [2.75, 3.05) is 0 Å². The summed E-state index contributed by atoms with van der Waals surface area (Å²) in [5.41, 5.74) is 2.15. The van der Waals surface area contributed by atoms with Crippen LogP contribution in [0.25, 0.3) is 0 Å². The minimum absolute atomic E-state index is 0.204. The Morgan fingerprint density at radius 2 is 1.82 bits per heavy atom. The van der Waals surface area contributed by atoms with Crippen LogP contribution in [-0.2, 0) is 10.2 Å². The van der Waals surface area contributed by atoms with E-state index in [4.69, 9.17) is 5.11 Å². The van der Waals surface area contributed by atoms with Gasteiger partial charge in [-0.3, -0.25) is 4.79 Å². The second-order valence-corrected chi connectivity index (χ2v) is 5.54. The van der Waals surface area contributed by atoms with Crippen molar-refractivity contribution < 1.29 is 15.0 Å². The van der Waals surface area contributed by atoms with Crippen molar-refractivity contribution in [3.63, 3.8) is 0 Å². The first-order valence-corrected chi connectivity index (χ1v) is 5.71. The Hall–Kier alpha value is -1.51. The van der Waals surface area contributed by atoms with Gasteiger partial charge in [-0.15, -0.1) is 0 Å². The molecule has 0 bridgehead atoms. The first-order valence-electron chi connectivity index (χ1n) is 5.71. The van der Waals surface area contributed by atoms with Crippen molar-refractivity contribution in [1.82, 2.24) is 0 Å². The molecule has 1 atom stereocenters. The second-order valence-electron chi connectivity index (χ2n) is 5.54. The van der Waals surface area contributed by atoms with Crippen molar-refractivity contribution in [1.29, 1.82) is 0 Å². The Morgan fingerprint density at radius 1 is 1.29 bits per heavy atom.